The van der Waals surface area contributed by atoms with Crippen molar-refractivity contribution in [1.29, 1.82) is 0 Å². The molecule has 0 aromatic carbocycles. The molecule has 0 aliphatic rings. The molecule has 0 spiro atoms. The van der Waals surface area contributed by atoms with Gasteiger partial charge in [0.15, 0.2) is 10.8 Å². The third-order valence-electron chi connectivity index (χ3n) is 2.25. The number of hydrogen-bond donors (Lipinski definition) is 1. The largest absolute Gasteiger partial charge is 0.304 e. The smallest absolute Gasteiger partial charge is 0.265 e. The summed E-state index contributed by atoms with van der Waals surface area (Å²) in [7, 11) is 0. The average molecular weight is 349 g/mol. The third-order valence-corrected chi connectivity index (χ3v) is 4.11. The van der Waals surface area contributed by atoms with Gasteiger partial charge in [0.1, 0.15) is 8.81 Å². The van der Waals surface area contributed by atoms with Crippen molar-refractivity contribution in [2.45, 2.75) is 26.2 Å². The topological polar surface area (TPSA) is 58.6 Å². The molecule has 2 rings (SSSR count). The molecule has 0 radical (unpaired) electrons. The first-order valence-corrected chi connectivity index (χ1v) is 7.20. The maximum atomic E-state index is 11.9. The van der Waals surface area contributed by atoms with Crippen LogP contribution in [0.2, 0.25) is 4.34 Å². The van der Waals surface area contributed by atoms with Crippen molar-refractivity contribution in [3.63, 3.8) is 0 Å². The zero-order chi connectivity index (χ0) is 13.5. The number of aromatic nitrogens is 3. The monoisotopic (exact) mass is 347 g/mol. The molecule has 7 heteroatoms. The van der Waals surface area contributed by atoms with Crippen molar-refractivity contribution in [3.8, 4) is 10.8 Å². The van der Waals surface area contributed by atoms with E-state index in [1.807, 2.05) is 20.8 Å². The Morgan fingerprint density at radius 2 is 2.11 bits per heavy atom. The van der Waals surface area contributed by atoms with E-state index in [1.54, 1.807) is 6.20 Å². The van der Waals surface area contributed by atoms with E-state index in [2.05, 4.69) is 30.9 Å². The molecule has 0 fully saturated rings. The van der Waals surface area contributed by atoms with Crippen LogP contribution in [0.1, 0.15) is 26.5 Å². The van der Waals surface area contributed by atoms with Crippen molar-refractivity contribution in [3.05, 3.63) is 31.1 Å². The van der Waals surface area contributed by atoms with Crippen LogP contribution in [0, 0.1) is 0 Å². The Hall–Kier alpha value is -0.720. The number of hydrogen-bond acceptors (Lipinski definition) is 4. The minimum atomic E-state index is -0.233. The lowest BCUT2D eigenvalue weighted by Crippen LogP contribution is -2.22. The quantitative estimate of drug-likeness (QED) is 0.856. The molecular weight excluding hydrogens is 338 g/mol. The molecule has 4 nitrogen and oxygen atoms in total. The molecule has 0 atom stereocenters. The molecule has 1 N–H and O–H groups in total. The lowest BCUT2D eigenvalue weighted by atomic mass is 9.92. The minimum Gasteiger partial charge on any atom is -0.304 e. The number of aromatic amines is 1. The normalized spacial score (nSPS) is 11.8. The summed E-state index contributed by atoms with van der Waals surface area (Å²) < 4.78 is 1.02. The summed E-state index contributed by atoms with van der Waals surface area (Å²) in [6.07, 6.45) is 1.54. The molecule has 2 aromatic rings. The first kappa shape index (κ1) is 13.7. The van der Waals surface area contributed by atoms with Crippen LogP contribution in [0.5, 0.6) is 0 Å². The van der Waals surface area contributed by atoms with Gasteiger partial charge in [0.05, 0.1) is 11.9 Å². The van der Waals surface area contributed by atoms with Crippen LogP contribution < -0.4 is 5.56 Å². The lowest BCUT2D eigenvalue weighted by Gasteiger charge is -2.19. The second-order valence-corrected chi connectivity index (χ2v) is 7.25. The minimum absolute atomic E-state index is 0.212. The molecule has 0 aliphatic carbocycles. The van der Waals surface area contributed by atoms with Gasteiger partial charge in [-0.2, -0.15) is 0 Å². The number of thiazole rings is 1. The van der Waals surface area contributed by atoms with Crippen LogP contribution in [-0.2, 0) is 5.41 Å². The van der Waals surface area contributed by atoms with Crippen LogP contribution in [-0.4, -0.2) is 15.0 Å². The van der Waals surface area contributed by atoms with E-state index in [-0.39, 0.29) is 11.0 Å². The van der Waals surface area contributed by atoms with E-state index in [1.165, 1.54) is 11.3 Å². The summed E-state index contributed by atoms with van der Waals surface area (Å²) in [4.78, 5) is 23.2. The zero-order valence-corrected chi connectivity index (χ0v) is 13.2. The third kappa shape index (κ3) is 2.65. The van der Waals surface area contributed by atoms with E-state index in [0.29, 0.717) is 25.3 Å². The Labute approximate surface area is 122 Å². The SMILES string of the molecule is CC(C)(C)c1nc(-c2ncc(Cl)s2)[nH]c(=O)c1Br. The van der Waals surface area contributed by atoms with Gasteiger partial charge in [0.2, 0.25) is 0 Å². The van der Waals surface area contributed by atoms with Gasteiger partial charge in [0, 0.05) is 5.41 Å². The lowest BCUT2D eigenvalue weighted by molar-refractivity contribution is 0.562. The van der Waals surface area contributed by atoms with Crippen molar-refractivity contribution >= 4 is 38.9 Å². The molecule has 2 heterocycles. The molecule has 0 bridgehead atoms. The van der Waals surface area contributed by atoms with Crippen LogP contribution >= 0.6 is 38.9 Å². The Morgan fingerprint density at radius 3 is 2.61 bits per heavy atom. The highest BCUT2D eigenvalue weighted by Crippen LogP contribution is 2.29. The molecule has 0 saturated carbocycles. The molecule has 0 aliphatic heterocycles. The molecule has 96 valence electrons. The second-order valence-electron chi connectivity index (χ2n) is 4.80. The van der Waals surface area contributed by atoms with Gasteiger partial charge >= 0.3 is 0 Å². The first-order chi connectivity index (χ1) is 8.29. The molecular formula is C11H11BrClN3OS. The zero-order valence-electron chi connectivity index (χ0n) is 10.0. The highest BCUT2D eigenvalue weighted by molar-refractivity contribution is 9.10. The molecule has 0 saturated heterocycles. The maximum Gasteiger partial charge on any atom is 0.265 e. The Balaban J connectivity index is 2.65. The van der Waals surface area contributed by atoms with Gasteiger partial charge in [0.25, 0.3) is 5.56 Å². The molecule has 18 heavy (non-hydrogen) atoms. The predicted molar refractivity (Wildman–Crippen MR) is 77.4 cm³/mol. The van der Waals surface area contributed by atoms with Gasteiger partial charge in [-0.25, -0.2) is 9.97 Å². The Morgan fingerprint density at radius 1 is 1.44 bits per heavy atom. The molecule has 0 amide bonds. The fraction of sp³-hybridized carbons (Fsp3) is 0.364. The van der Waals surface area contributed by atoms with Crippen molar-refractivity contribution < 1.29 is 0 Å². The van der Waals surface area contributed by atoms with Gasteiger partial charge in [-0.1, -0.05) is 43.7 Å². The van der Waals surface area contributed by atoms with Crippen LogP contribution in [0.3, 0.4) is 0 Å². The summed E-state index contributed by atoms with van der Waals surface area (Å²) in [6.45, 7) is 5.99. The van der Waals surface area contributed by atoms with E-state index in [4.69, 9.17) is 11.6 Å². The summed E-state index contributed by atoms with van der Waals surface area (Å²) in [5.41, 5.74) is 0.256. The number of rotatable bonds is 1. The highest BCUT2D eigenvalue weighted by Gasteiger charge is 2.23. The van der Waals surface area contributed by atoms with Crippen LogP contribution in [0.4, 0.5) is 0 Å². The molecule has 2 aromatic heterocycles. The summed E-state index contributed by atoms with van der Waals surface area (Å²) in [5, 5.41) is 0.607. The van der Waals surface area contributed by atoms with Crippen LogP contribution in [0.25, 0.3) is 10.8 Å². The van der Waals surface area contributed by atoms with Crippen molar-refractivity contribution in [2.24, 2.45) is 0 Å². The Bertz CT molecular complexity index is 644. The summed E-state index contributed by atoms with van der Waals surface area (Å²) in [5.74, 6) is 0.449. The van der Waals surface area contributed by atoms with Crippen LogP contribution in [0.15, 0.2) is 15.5 Å². The predicted octanol–water partition coefficient (Wildman–Crippen LogP) is 3.61. The second kappa shape index (κ2) is 4.75. The fourth-order valence-corrected chi connectivity index (χ4v) is 3.06. The number of nitrogens with zero attached hydrogens (tertiary/aromatic N) is 2. The van der Waals surface area contributed by atoms with E-state index < -0.39 is 0 Å². The van der Waals surface area contributed by atoms with Gasteiger partial charge in [-0.05, 0) is 15.9 Å². The van der Waals surface area contributed by atoms with Gasteiger partial charge < -0.3 is 4.98 Å². The van der Waals surface area contributed by atoms with Gasteiger partial charge in [-0.3, -0.25) is 4.79 Å². The van der Waals surface area contributed by atoms with E-state index in [0.717, 1.165) is 0 Å². The standard InChI is InChI=1S/C11H11BrClN3OS/c1-11(2,3)7-6(12)9(17)16-8(15-7)10-14-4-5(13)18-10/h4H,1-3H3,(H,15,16,17). The van der Waals surface area contributed by atoms with Crippen molar-refractivity contribution in [1.82, 2.24) is 15.0 Å². The van der Waals surface area contributed by atoms with Gasteiger partial charge in [-0.15, -0.1) is 0 Å². The van der Waals surface area contributed by atoms with E-state index >= 15 is 0 Å². The number of H-pyrrole nitrogens is 1. The number of halogens is 2. The first-order valence-electron chi connectivity index (χ1n) is 5.21. The number of nitrogens with one attached hydrogen (secondary N) is 1. The fourth-order valence-electron chi connectivity index (χ4n) is 1.42. The summed E-state index contributed by atoms with van der Waals surface area (Å²) in [6, 6.07) is 0. The summed E-state index contributed by atoms with van der Waals surface area (Å²) >= 11 is 10.4. The average Bonchev–Trinajstić information content (AvgIpc) is 2.67. The Kier molecular flexibility index (Phi) is 3.62. The van der Waals surface area contributed by atoms with Crippen molar-refractivity contribution in [2.75, 3.05) is 0 Å². The maximum absolute atomic E-state index is 11.9. The van der Waals surface area contributed by atoms with E-state index in [9.17, 15) is 4.79 Å². The highest BCUT2D eigenvalue weighted by atomic mass is 79.9. The molecule has 0 unspecified atom stereocenters.